The molecule has 2 aromatic rings. The Morgan fingerprint density at radius 1 is 0.977 bits per heavy atom. The number of nitrogens with two attached hydrogens (primary N) is 1. The van der Waals surface area contributed by atoms with Gasteiger partial charge in [0.05, 0.1) is 19.3 Å². The van der Waals surface area contributed by atoms with Crippen molar-refractivity contribution in [1.82, 2.24) is 21.3 Å². The number of hydrogen-bond donors (Lipinski definition) is 5. The lowest BCUT2D eigenvalue weighted by Gasteiger charge is -2.25. The third kappa shape index (κ3) is 12.9. The molecule has 0 unspecified atom stereocenters. The van der Waals surface area contributed by atoms with Crippen LogP contribution in [0.25, 0.3) is 0 Å². The van der Waals surface area contributed by atoms with Crippen molar-refractivity contribution in [1.29, 1.82) is 0 Å². The summed E-state index contributed by atoms with van der Waals surface area (Å²) in [5.41, 5.74) is 6.49. The van der Waals surface area contributed by atoms with Crippen LogP contribution < -0.4 is 27.0 Å². The second-order valence-corrected chi connectivity index (χ2v) is 9.43. The van der Waals surface area contributed by atoms with Crippen molar-refractivity contribution in [3.63, 3.8) is 0 Å². The van der Waals surface area contributed by atoms with Gasteiger partial charge in [0.15, 0.2) is 10.8 Å². The maximum absolute atomic E-state index is 13.4. The summed E-state index contributed by atoms with van der Waals surface area (Å²) < 4.78 is 5.45. The first-order chi connectivity index (χ1) is 20.6. The standard InChI is InChI=1S/C29H37N7O7/c1-3-17-43-19-25(34-26(38)22-13-8-5-9-14-22)28(40)33-24(18-21-11-6-4-7-12-21)27(39)32-23(20(2)37)15-10-16-31-29(30)35-36(41)42/h3-9,11-14,23-25H,1,10,15-19H2,2H3,(H,32,39)(H,33,40)(H,34,38)(H3,30,31,35)/t23-,24+,25-/m0/s1. The fraction of sp³-hybridized carbons (Fsp3) is 0.345. The van der Waals surface area contributed by atoms with Gasteiger partial charge in [-0.1, -0.05) is 54.6 Å². The van der Waals surface area contributed by atoms with Gasteiger partial charge in [-0.05, 0) is 37.5 Å². The summed E-state index contributed by atoms with van der Waals surface area (Å²) in [5, 5.41) is 23.0. The van der Waals surface area contributed by atoms with Crippen molar-refractivity contribution in [2.45, 2.75) is 44.3 Å². The number of ketones is 1. The minimum Gasteiger partial charge on any atom is -0.375 e. The van der Waals surface area contributed by atoms with E-state index in [0.29, 0.717) is 12.0 Å². The van der Waals surface area contributed by atoms with E-state index in [1.807, 2.05) is 6.07 Å². The first kappa shape index (κ1) is 34.1. The lowest BCUT2D eigenvalue weighted by Crippen LogP contribution is -2.57. The van der Waals surface area contributed by atoms with Crippen molar-refractivity contribution in [2.24, 2.45) is 10.8 Å². The molecular weight excluding hydrogens is 558 g/mol. The van der Waals surface area contributed by atoms with Crippen LogP contribution in [0.4, 0.5) is 0 Å². The topological polar surface area (TPSA) is 207 Å². The normalized spacial score (nSPS) is 13.1. The van der Waals surface area contributed by atoms with E-state index in [9.17, 15) is 29.3 Å². The van der Waals surface area contributed by atoms with Gasteiger partial charge < -0.3 is 31.7 Å². The quantitative estimate of drug-likeness (QED) is 0.0409. The first-order valence-electron chi connectivity index (χ1n) is 13.5. The number of amides is 3. The zero-order valence-electron chi connectivity index (χ0n) is 23.9. The molecule has 0 saturated heterocycles. The van der Waals surface area contributed by atoms with Crippen molar-refractivity contribution >= 4 is 29.5 Å². The fourth-order valence-electron chi connectivity index (χ4n) is 3.91. The highest BCUT2D eigenvalue weighted by molar-refractivity contribution is 5.98. The number of carbonyl (C=O) groups is 4. The zero-order valence-corrected chi connectivity index (χ0v) is 23.9. The molecule has 2 rings (SSSR count). The van der Waals surface area contributed by atoms with Gasteiger partial charge in [-0.15, -0.1) is 6.58 Å². The van der Waals surface area contributed by atoms with Gasteiger partial charge in [0.2, 0.25) is 11.8 Å². The number of hydrazone groups is 1. The molecule has 6 N–H and O–H groups in total. The molecule has 0 heterocycles. The maximum Gasteiger partial charge on any atom is 0.266 e. The molecule has 14 heteroatoms. The minimum absolute atomic E-state index is 0.103. The number of guanidine groups is 1. The van der Waals surface area contributed by atoms with Crippen LogP contribution >= 0.6 is 0 Å². The Morgan fingerprint density at radius 3 is 2.19 bits per heavy atom. The molecule has 0 saturated carbocycles. The van der Waals surface area contributed by atoms with Crippen molar-refractivity contribution in [3.8, 4) is 0 Å². The lowest BCUT2D eigenvalue weighted by atomic mass is 10.0. The number of benzene rings is 2. The SMILES string of the molecule is C=CCOC[C@H](NC(=O)c1ccccc1)C(=O)N[C@H](Cc1ccccc1)C(=O)N[C@@H](CCCN/C(N)=N\[N+](=O)[O-])C(C)=O. The Bertz CT molecular complexity index is 1270. The summed E-state index contributed by atoms with van der Waals surface area (Å²) in [4.78, 5) is 62.4. The van der Waals surface area contributed by atoms with Gasteiger partial charge >= 0.3 is 0 Å². The molecule has 230 valence electrons. The van der Waals surface area contributed by atoms with Gasteiger partial charge in [-0.3, -0.25) is 19.2 Å². The van der Waals surface area contributed by atoms with E-state index in [-0.39, 0.29) is 44.3 Å². The zero-order chi connectivity index (χ0) is 31.6. The van der Waals surface area contributed by atoms with E-state index in [0.717, 1.165) is 5.56 Å². The monoisotopic (exact) mass is 595 g/mol. The number of carbonyl (C=O) groups excluding carboxylic acids is 4. The number of ether oxygens (including phenoxy) is 1. The molecule has 0 bridgehead atoms. The molecule has 0 aliphatic carbocycles. The second-order valence-electron chi connectivity index (χ2n) is 9.43. The molecule has 0 radical (unpaired) electrons. The number of hydrogen-bond acceptors (Lipinski definition) is 7. The minimum atomic E-state index is -1.14. The molecular formula is C29H37N7O7. The summed E-state index contributed by atoms with van der Waals surface area (Å²) in [5.74, 6) is -2.48. The van der Waals surface area contributed by atoms with Gasteiger partial charge in [0.1, 0.15) is 17.2 Å². The maximum atomic E-state index is 13.4. The number of rotatable bonds is 18. The molecule has 0 aliphatic heterocycles. The van der Waals surface area contributed by atoms with E-state index in [2.05, 4.69) is 32.9 Å². The first-order valence-corrected chi connectivity index (χ1v) is 13.5. The summed E-state index contributed by atoms with van der Waals surface area (Å²) in [6.07, 6.45) is 2.12. The second kappa shape index (κ2) is 18.3. The summed E-state index contributed by atoms with van der Waals surface area (Å²) in [6.45, 7) is 5.02. The molecule has 14 nitrogen and oxygen atoms in total. The van der Waals surface area contributed by atoms with Gasteiger partial charge in [0, 0.05) is 18.5 Å². The molecule has 3 atom stereocenters. The number of nitrogens with one attached hydrogen (secondary N) is 4. The molecule has 3 amide bonds. The lowest BCUT2D eigenvalue weighted by molar-refractivity contribution is -0.485. The van der Waals surface area contributed by atoms with Gasteiger partial charge in [0.25, 0.3) is 11.9 Å². The Labute approximate surface area is 249 Å². The highest BCUT2D eigenvalue weighted by Gasteiger charge is 2.29. The van der Waals surface area contributed by atoms with Crippen molar-refractivity contribution in [3.05, 3.63) is 94.6 Å². The third-order valence-corrected chi connectivity index (χ3v) is 6.07. The molecule has 0 aromatic heterocycles. The van der Waals surface area contributed by atoms with E-state index in [4.69, 9.17) is 10.5 Å². The number of Topliss-reactive ketones (excluding diaryl/α,β-unsaturated/α-hetero) is 1. The Balaban J connectivity index is 2.17. The predicted octanol–water partition coefficient (Wildman–Crippen LogP) is 0.665. The molecule has 2 aromatic carbocycles. The predicted molar refractivity (Wildman–Crippen MR) is 159 cm³/mol. The van der Waals surface area contributed by atoms with Crippen LogP contribution in [0, 0.1) is 10.1 Å². The molecule has 0 fully saturated rings. The van der Waals surface area contributed by atoms with Crippen LogP contribution in [-0.4, -0.2) is 72.4 Å². The van der Waals surface area contributed by atoms with Crippen molar-refractivity contribution in [2.75, 3.05) is 19.8 Å². The Morgan fingerprint density at radius 2 is 1.58 bits per heavy atom. The van der Waals surface area contributed by atoms with Crippen LogP contribution in [0.3, 0.4) is 0 Å². The highest BCUT2D eigenvalue weighted by atomic mass is 16.7. The van der Waals surface area contributed by atoms with E-state index in [1.54, 1.807) is 54.6 Å². The summed E-state index contributed by atoms with van der Waals surface area (Å²) in [7, 11) is 0. The smallest absolute Gasteiger partial charge is 0.266 e. The van der Waals surface area contributed by atoms with Crippen LogP contribution in [0.2, 0.25) is 0 Å². The Kier molecular flexibility index (Phi) is 14.5. The number of nitrogens with zero attached hydrogens (tertiary/aromatic N) is 2. The van der Waals surface area contributed by atoms with Gasteiger partial charge in [-0.25, -0.2) is 10.1 Å². The van der Waals surface area contributed by atoms with Crippen LogP contribution in [0.1, 0.15) is 35.7 Å². The van der Waals surface area contributed by atoms with Gasteiger partial charge in [-0.2, -0.15) is 0 Å². The molecule has 0 aliphatic rings. The fourth-order valence-corrected chi connectivity index (χ4v) is 3.91. The molecule has 0 spiro atoms. The van der Waals surface area contributed by atoms with E-state index in [1.165, 1.54) is 13.0 Å². The summed E-state index contributed by atoms with van der Waals surface area (Å²) in [6, 6.07) is 14.2. The van der Waals surface area contributed by atoms with E-state index >= 15 is 0 Å². The van der Waals surface area contributed by atoms with Crippen LogP contribution in [0.15, 0.2) is 78.4 Å². The largest absolute Gasteiger partial charge is 0.375 e. The highest BCUT2D eigenvalue weighted by Crippen LogP contribution is 2.07. The average Bonchev–Trinajstić information content (AvgIpc) is 2.98. The van der Waals surface area contributed by atoms with Crippen molar-refractivity contribution < 1.29 is 28.9 Å². The van der Waals surface area contributed by atoms with Crippen LogP contribution in [-0.2, 0) is 25.5 Å². The third-order valence-electron chi connectivity index (χ3n) is 6.07. The summed E-state index contributed by atoms with van der Waals surface area (Å²) >= 11 is 0. The van der Waals surface area contributed by atoms with Crippen LogP contribution in [0.5, 0.6) is 0 Å². The average molecular weight is 596 g/mol. The van der Waals surface area contributed by atoms with E-state index < -0.39 is 40.9 Å². The number of nitro groups is 1. The molecule has 43 heavy (non-hydrogen) atoms. The Hall–Kier alpha value is -5.11.